The van der Waals surface area contributed by atoms with Gasteiger partial charge in [-0.05, 0) is 25.1 Å². The highest BCUT2D eigenvalue weighted by molar-refractivity contribution is 7.89. The van der Waals surface area contributed by atoms with Crippen LogP contribution in [0.1, 0.15) is 12.1 Å². The van der Waals surface area contributed by atoms with Gasteiger partial charge >= 0.3 is 5.69 Å². The first-order valence-electron chi connectivity index (χ1n) is 8.61. The van der Waals surface area contributed by atoms with Crippen molar-refractivity contribution in [1.82, 2.24) is 24.1 Å². The molecule has 11 nitrogen and oxygen atoms in total. The molecule has 2 heterocycles. The van der Waals surface area contributed by atoms with Gasteiger partial charge in [0.15, 0.2) is 5.82 Å². The minimum atomic E-state index is -3.96. The summed E-state index contributed by atoms with van der Waals surface area (Å²) in [4.78, 5) is 36.1. The summed E-state index contributed by atoms with van der Waals surface area (Å²) in [5.41, 5.74) is 0.00912. The van der Waals surface area contributed by atoms with E-state index in [9.17, 15) is 22.8 Å². The van der Waals surface area contributed by atoms with E-state index < -0.39 is 27.2 Å². The van der Waals surface area contributed by atoms with Crippen LogP contribution in [0.2, 0.25) is 0 Å². The van der Waals surface area contributed by atoms with Crippen LogP contribution < -0.4 is 21.3 Å². The molecule has 12 heteroatoms. The van der Waals surface area contributed by atoms with Gasteiger partial charge in [0.25, 0.3) is 5.56 Å². The highest BCUT2D eigenvalue weighted by Gasteiger charge is 2.17. The maximum absolute atomic E-state index is 12.5. The Labute approximate surface area is 165 Å². The number of H-pyrrole nitrogens is 1. The molecular weight excluding hydrogens is 400 g/mol. The predicted octanol–water partition coefficient (Wildman–Crippen LogP) is -0.424. The van der Waals surface area contributed by atoms with Crippen molar-refractivity contribution in [2.75, 3.05) is 11.9 Å². The van der Waals surface area contributed by atoms with Crippen LogP contribution in [0.5, 0.6) is 0 Å². The minimum absolute atomic E-state index is 0.101. The first-order chi connectivity index (χ1) is 13.6. The van der Waals surface area contributed by atoms with Gasteiger partial charge in [-0.25, -0.2) is 17.9 Å². The number of anilines is 1. The van der Waals surface area contributed by atoms with Crippen molar-refractivity contribution < 1.29 is 13.2 Å². The molecule has 0 saturated carbocycles. The van der Waals surface area contributed by atoms with Crippen LogP contribution in [-0.4, -0.2) is 40.2 Å². The molecule has 3 rings (SSSR count). The Hall–Kier alpha value is -3.25. The average molecular weight is 420 g/mol. The Balaban J connectivity index is 1.75. The summed E-state index contributed by atoms with van der Waals surface area (Å²) in [6.07, 6.45) is -0.102. The summed E-state index contributed by atoms with van der Waals surface area (Å²) in [5, 5.41) is 9.19. The first kappa shape index (κ1) is 20.5. The second-order valence-corrected chi connectivity index (χ2v) is 8.28. The summed E-state index contributed by atoms with van der Waals surface area (Å²) < 4.78 is 29.6. The zero-order valence-corrected chi connectivity index (χ0v) is 16.8. The average Bonchev–Trinajstić information content (AvgIpc) is 3.08. The molecule has 0 saturated heterocycles. The Morgan fingerprint density at radius 3 is 2.55 bits per heavy atom. The fourth-order valence-corrected chi connectivity index (χ4v) is 3.87. The number of carbonyl (C=O) groups excluding carboxylic acids is 1. The largest absolute Gasteiger partial charge is 0.330 e. The van der Waals surface area contributed by atoms with E-state index in [0.29, 0.717) is 11.3 Å². The quantitative estimate of drug-likeness (QED) is 0.493. The van der Waals surface area contributed by atoms with E-state index in [0.717, 1.165) is 10.3 Å². The number of nitrogens with one attached hydrogen (secondary N) is 3. The van der Waals surface area contributed by atoms with Crippen LogP contribution >= 0.6 is 0 Å². The van der Waals surface area contributed by atoms with Gasteiger partial charge in [0.05, 0.1) is 15.8 Å². The number of fused-ring (bicyclic) bond motifs is 1. The Kier molecular flexibility index (Phi) is 5.40. The molecule has 0 aliphatic heterocycles. The first-order valence-corrected chi connectivity index (χ1v) is 10.1. The topological polar surface area (TPSA) is 148 Å². The van der Waals surface area contributed by atoms with Gasteiger partial charge in [-0.15, -0.1) is 0 Å². The van der Waals surface area contributed by atoms with Gasteiger partial charge in [-0.1, -0.05) is 0 Å². The van der Waals surface area contributed by atoms with Crippen molar-refractivity contribution in [1.29, 1.82) is 0 Å². The number of aromatic amines is 1. The molecular formula is C17H20N6O5S. The Morgan fingerprint density at radius 2 is 1.90 bits per heavy atom. The molecule has 0 fully saturated rings. The van der Waals surface area contributed by atoms with Crippen molar-refractivity contribution in [2.45, 2.75) is 18.2 Å². The van der Waals surface area contributed by atoms with Crippen molar-refractivity contribution in [3.05, 3.63) is 50.8 Å². The molecule has 0 atom stereocenters. The van der Waals surface area contributed by atoms with E-state index in [2.05, 4.69) is 20.2 Å². The maximum Gasteiger partial charge on any atom is 0.330 e. The summed E-state index contributed by atoms with van der Waals surface area (Å²) in [6, 6.07) is 5.56. The number of amides is 1. The van der Waals surface area contributed by atoms with Crippen LogP contribution in [0.3, 0.4) is 0 Å². The maximum atomic E-state index is 12.5. The number of hydrogen-bond acceptors (Lipinski definition) is 6. The standard InChI is InChI=1S/C17H20N6O5S/c1-10-8-14(21-20-10)19-15(24)6-7-18-29(27,28)11-4-5-13-12(9-11)16(25)23(3)17(26)22(13)2/h4-5,8-9,18H,6-7H2,1-3H3,(H2,19,20,21,24). The molecule has 0 aliphatic rings. The number of aryl methyl sites for hydroxylation is 2. The third-order valence-electron chi connectivity index (χ3n) is 4.37. The molecule has 3 N–H and O–H groups in total. The second-order valence-electron chi connectivity index (χ2n) is 6.52. The van der Waals surface area contributed by atoms with Crippen LogP contribution in [0.25, 0.3) is 10.9 Å². The minimum Gasteiger partial charge on any atom is -0.309 e. The van der Waals surface area contributed by atoms with Gasteiger partial charge in [-0.2, -0.15) is 5.10 Å². The number of rotatable bonds is 6. The zero-order valence-electron chi connectivity index (χ0n) is 16.0. The van der Waals surface area contributed by atoms with Crippen LogP contribution in [0, 0.1) is 6.92 Å². The van der Waals surface area contributed by atoms with E-state index in [1.807, 2.05) is 0 Å². The normalized spacial score (nSPS) is 11.7. The monoisotopic (exact) mass is 420 g/mol. The van der Waals surface area contributed by atoms with Crippen molar-refractivity contribution in [3.63, 3.8) is 0 Å². The van der Waals surface area contributed by atoms with E-state index in [4.69, 9.17) is 0 Å². The lowest BCUT2D eigenvalue weighted by atomic mass is 10.2. The van der Waals surface area contributed by atoms with Crippen LogP contribution in [-0.2, 0) is 28.9 Å². The van der Waals surface area contributed by atoms with Crippen LogP contribution in [0.4, 0.5) is 5.82 Å². The van der Waals surface area contributed by atoms with Gasteiger partial charge < -0.3 is 5.32 Å². The molecule has 0 aliphatic carbocycles. The molecule has 1 amide bonds. The predicted molar refractivity (Wildman–Crippen MR) is 106 cm³/mol. The van der Waals surface area contributed by atoms with Gasteiger partial charge in [-0.3, -0.25) is 23.8 Å². The number of sulfonamides is 1. The lowest BCUT2D eigenvalue weighted by molar-refractivity contribution is -0.116. The third-order valence-corrected chi connectivity index (χ3v) is 5.82. The smallest absolute Gasteiger partial charge is 0.309 e. The second kappa shape index (κ2) is 7.64. The van der Waals surface area contributed by atoms with E-state index in [1.54, 1.807) is 13.0 Å². The number of nitrogens with zero attached hydrogens (tertiary/aromatic N) is 3. The molecule has 0 bridgehead atoms. The molecule has 0 spiro atoms. The summed E-state index contributed by atoms with van der Waals surface area (Å²) in [7, 11) is -1.14. The summed E-state index contributed by atoms with van der Waals surface area (Å²) >= 11 is 0. The summed E-state index contributed by atoms with van der Waals surface area (Å²) in [6.45, 7) is 1.65. The summed E-state index contributed by atoms with van der Waals surface area (Å²) in [5.74, 6) is -0.0482. The molecule has 2 aromatic heterocycles. The number of carbonyl (C=O) groups is 1. The molecule has 1 aromatic carbocycles. The van der Waals surface area contributed by atoms with E-state index in [-0.39, 0.29) is 23.2 Å². The molecule has 29 heavy (non-hydrogen) atoms. The van der Waals surface area contributed by atoms with E-state index >= 15 is 0 Å². The lowest BCUT2D eigenvalue weighted by Crippen LogP contribution is -2.37. The lowest BCUT2D eigenvalue weighted by Gasteiger charge is -2.10. The zero-order chi connectivity index (χ0) is 21.3. The van der Waals surface area contributed by atoms with Crippen molar-refractivity contribution >= 4 is 32.7 Å². The highest BCUT2D eigenvalue weighted by Crippen LogP contribution is 2.15. The van der Waals surface area contributed by atoms with E-state index in [1.165, 1.54) is 36.9 Å². The van der Waals surface area contributed by atoms with Crippen molar-refractivity contribution in [2.24, 2.45) is 14.1 Å². The highest BCUT2D eigenvalue weighted by atomic mass is 32.2. The fourth-order valence-electron chi connectivity index (χ4n) is 2.81. The van der Waals surface area contributed by atoms with Crippen molar-refractivity contribution in [3.8, 4) is 0 Å². The fraction of sp³-hybridized carbons (Fsp3) is 0.294. The number of aromatic nitrogens is 4. The van der Waals surface area contributed by atoms with Gasteiger partial charge in [0, 0.05) is 38.8 Å². The number of hydrogen-bond donors (Lipinski definition) is 3. The Morgan fingerprint density at radius 1 is 1.17 bits per heavy atom. The molecule has 154 valence electrons. The Bertz CT molecular complexity index is 1320. The molecule has 0 radical (unpaired) electrons. The molecule has 0 unspecified atom stereocenters. The SMILES string of the molecule is Cc1cc(NC(=O)CCNS(=O)(=O)c2ccc3c(c2)c(=O)n(C)c(=O)n3C)n[nH]1. The van der Waals surface area contributed by atoms with Gasteiger partial charge in [0.1, 0.15) is 0 Å². The molecule has 3 aromatic rings. The number of benzene rings is 1. The van der Waals surface area contributed by atoms with Gasteiger partial charge in [0.2, 0.25) is 15.9 Å². The van der Waals surface area contributed by atoms with Crippen LogP contribution in [0.15, 0.2) is 38.8 Å². The third kappa shape index (κ3) is 4.12.